The van der Waals surface area contributed by atoms with Gasteiger partial charge in [-0.15, -0.1) is 0 Å². The van der Waals surface area contributed by atoms with Gasteiger partial charge in [0.1, 0.15) is 18.3 Å². The Morgan fingerprint density at radius 2 is 1.65 bits per heavy atom. The maximum Gasteiger partial charge on any atom is 0.273 e. The van der Waals surface area contributed by atoms with Crippen molar-refractivity contribution in [2.75, 3.05) is 18.0 Å². The van der Waals surface area contributed by atoms with E-state index in [9.17, 15) is 28.1 Å². The summed E-state index contributed by atoms with van der Waals surface area (Å²) < 4.78 is 34.8. The number of amides is 2. The Balaban J connectivity index is 2.21. The molecule has 0 bridgehead atoms. The van der Waals surface area contributed by atoms with Gasteiger partial charge in [0.25, 0.3) is 15.7 Å². The molecule has 0 heterocycles. The number of nitrogens with one attached hydrogen (secondary N) is 1. The third-order valence-electron chi connectivity index (χ3n) is 7.40. The molecule has 3 rings (SSSR count). The molecule has 0 fully saturated rings. The second kappa shape index (κ2) is 15.8. The minimum atomic E-state index is -4.67. The average Bonchev–Trinajstić information content (AvgIpc) is 3.00. The largest absolute Gasteiger partial charge is 0.495 e. The van der Waals surface area contributed by atoms with Crippen molar-refractivity contribution in [2.45, 2.75) is 64.1 Å². The molecule has 1 N–H and O–H groups in total. The Kier molecular flexibility index (Phi) is 12.7. The van der Waals surface area contributed by atoms with E-state index in [0.29, 0.717) is 17.0 Å². The molecule has 0 radical (unpaired) electrons. The SMILES string of the molecule is CC[C@H](C(=O)N[C@@H](C)CC)N(Cc1ccc(Cl)cc1Cl)C(=O)CN(c1cc(Cl)ccc1OC)S(=O)(=O)c1ccc(C)c([N+](=O)[O-])c1. The smallest absolute Gasteiger partial charge is 0.273 e. The van der Waals surface area contributed by atoms with Crippen LogP contribution in [0.4, 0.5) is 11.4 Å². The molecule has 0 aliphatic heterocycles. The number of hydrogen-bond donors (Lipinski definition) is 1. The van der Waals surface area contributed by atoms with Gasteiger partial charge in [0, 0.05) is 39.3 Å². The summed E-state index contributed by atoms with van der Waals surface area (Å²) in [5.74, 6) is -1.13. The first-order valence-electron chi connectivity index (χ1n) is 14.3. The minimum absolute atomic E-state index is 0.0660. The van der Waals surface area contributed by atoms with Crippen molar-refractivity contribution < 1.29 is 27.7 Å². The van der Waals surface area contributed by atoms with Crippen LogP contribution in [0, 0.1) is 17.0 Å². The molecule has 248 valence electrons. The Hall–Kier alpha value is -3.58. The van der Waals surface area contributed by atoms with Gasteiger partial charge >= 0.3 is 0 Å². The van der Waals surface area contributed by atoms with Crippen molar-refractivity contribution in [3.05, 3.63) is 90.9 Å². The molecule has 0 aliphatic carbocycles. The zero-order chi connectivity index (χ0) is 34.3. The highest BCUT2D eigenvalue weighted by molar-refractivity contribution is 7.92. The standard InChI is InChI=1S/C31H35Cl3N4O7S/c1-6-20(4)35-31(40)26(7-2)36(17-21-9-10-22(32)14-25(21)34)30(39)18-37(28-15-23(33)11-13-29(28)45-5)46(43,44)24-12-8-19(3)27(16-24)38(41)42/h8-16,20,26H,6-7,17-18H2,1-5H3,(H,35,40)/t20-,26+/m0/s1. The van der Waals surface area contributed by atoms with Crippen molar-refractivity contribution >= 4 is 68.0 Å². The molecular formula is C31H35Cl3N4O7S. The van der Waals surface area contributed by atoms with E-state index in [1.165, 1.54) is 55.3 Å². The first kappa shape index (κ1) is 36.9. The van der Waals surface area contributed by atoms with E-state index < -0.39 is 49.9 Å². The van der Waals surface area contributed by atoms with Crippen molar-refractivity contribution in [1.29, 1.82) is 0 Å². The second-order valence-electron chi connectivity index (χ2n) is 10.5. The summed E-state index contributed by atoms with van der Waals surface area (Å²) >= 11 is 18.8. The van der Waals surface area contributed by atoms with Gasteiger partial charge in [-0.25, -0.2) is 8.42 Å². The molecule has 0 spiro atoms. The lowest BCUT2D eigenvalue weighted by molar-refractivity contribution is -0.385. The van der Waals surface area contributed by atoms with Crippen molar-refractivity contribution in [2.24, 2.45) is 0 Å². The zero-order valence-corrected chi connectivity index (χ0v) is 29.0. The molecular weight excluding hydrogens is 679 g/mol. The van der Waals surface area contributed by atoms with Crippen molar-refractivity contribution in [3.63, 3.8) is 0 Å². The Labute approximate surface area is 283 Å². The summed E-state index contributed by atoms with van der Waals surface area (Å²) in [6.07, 6.45) is 0.832. The molecule has 15 heteroatoms. The number of benzene rings is 3. The molecule has 0 unspecified atom stereocenters. The van der Waals surface area contributed by atoms with E-state index in [0.717, 1.165) is 10.4 Å². The van der Waals surface area contributed by atoms with Gasteiger partial charge < -0.3 is 15.0 Å². The highest BCUT2D eigenvalue weighted by Crippen LogP contribution is 2.36. The number of hydrogen-bond acceptors (Lipinski definition) is 7. The van der Waals surface area contributed by atoms with E-state index in [2.05, 4.69) is 5.32 Å². The number of anilines is 1. The lowest BCUT2D eigenvalue weighted by Gasteiger charge is -2.34. The molecule has 0 saturated carbocycles. The number of nitro benzene ring substituents is 1. The van der Waals surface area contributed by atoms with Gasteiger partial charge in [-0.1, -0.05) is 60.8 Å². The molecule has 0 aromatic heterocycles. The van der Waals surface area contributed by atoms with Gasteiger partial charge in [0.05, 0.1) is 22.6 Å². The molecule has 2 amide bonds. The fraction of sp³-hybridized carbons (Fsp3) is 0.355. The number of sulfonamides is 1. The van der Waals surface area contributed by atoms with Gasteiger partial charge in [-0.2, -0.15) is 0 Å². The van der Waals surface area contributed by atoms with Gasteiger partial charge in [-0.3, -0.25) is 24.0 Å². The Bertz CT molecular complexity index is 1720. The third-order valence-corrected chi connectivity index (χ3v) is 9.97. The van der Waals surface area contributed by atoms with Crippen LogP contribution in [0.5, 0.6) is 5.75 Å². The van der Waals surface area contributed by atoms with Crippen molar-refractivity contribution in [1.82, 2.24) is 10.2 Å². The summed E-state index contributed by atoms with van der Waals surface area (Å²) in [5.41, 5.74) is 0.208. The number of methoxy groups -OCH3 is 1. The first-order chi connectivity index (χ1) is 21.6. The first-order valence-corrected chi connectivity index (χ1v) is 16.9. The number of nitrogens with zero attached hydrogens (tertiary/aromatic N) is 3. The average molecular weight is 714 g/mol. The molecule has 3 aromatic rings. The topological polar surface area (TPSA) is 139 Å². The summed E-state index contributed by atoms with van der Waals surface area (Å²) in [7, 11) is -3.35. The van der Waals surface area contributed by atoms with E-state index in [1.807, 2.05) is 13.8 Å². The predicted octanol–water partition coefficient (Wildman–Crippen LogP) is 6.79. The number of ether oxygens (including phenoxy) is 1. The van der Waals surface area contributed by atoms with Gasteiger partial charge in [-0.05, 0) is 68.7 Å². The number of nitro groups is 1. The van der Waals surface area contributed by atoms with Crippen LogP contribution in [0.25, 0.3) is 0 Å². The number of carbonyl (C=O) groups is 2. The maximum absolute atomic E-state index is 14.4. The predicted molar refractivity (Wildman–Crippen MR) is 179 cm³/mol. The molecule has 0 saturated heterocycles. The molecule has 2 atom stereocenters. The fourth-order valence-corrected chi connectivity index (χ4v) is 6.71. The molecule has 3 aromatic carbocycles. The van der Waals surface area contributed by atoms with Gasteiger partial charge in [0.15, 0.2) is 0 Å². The Morgan fingerprint density at radius 3 is 2.24 bits per heavy atom. The number of halogens is 3. The second-order valence-corrected chi connectivity index (χ2v) is 13.7. The lowest BCUT2D eigenvalue weighted by Crippen LogP contribution is -2.53. The highest BCUT2D eigenvalue weighted by atomic mass is 35.5. The monoisotopic (exact) mass is 712 g/mol. The van der Waals surface area contributed by atoms with E-state index in [1.54, 1.807) is 19.1 Å². The summed E-state index contributed by atoms with van der Waals surface area (Å²) in [6.45, 7) is 5.96. The number of rotatable bonds is 14. The molecule has 11 nitrogen and oxygen atoms in total. The Morgan fingerprint density at radius 1 is 1.00 bits per heavy atom. The van der Waals surface area contributed by atoms with E-state index in [-0.39, 0.29) is 46.1 Å². The van der Waals surface area contributed by atoms with E-state index in [4.69, 9.17) is 39.5 Å². The quantitative estimate of drug-likeness (QED) is 0.143. The van der Waals surface area contributed by atoms with Crippen LogP contribution in [0.3, 0.4) is 0 Å². The lowest BCUT2D eigenvalue weighted by atomic mass is 10.1. The third kappa shape index (κ3) is 8.61. The molecule has 46 heavy (non-hydrogen) atoms. The summed E-state index contributed by atoms with van der Waals surface area (Å²) in [6, 6.07) is 11.2. The van der Waals surface area contributed by atoms with Crippen LogP contribution >= 0.6 is 34.8 Å². The zero-order valence-electron chi connectivity index (χ0n) is 25.9. The number of carbonyl (C=O) groups excluding carboxylic acids is 2. The van der Waals surface area contributed by atoms with Crippen LogP contribution in [0.1, 0.15) is 44.7 Å². The van der Waals surface area contributed by atoms with Crippen LogP contribution in [0.15, 0.2) is 59.5 Å². The van der Waals surface area contributed by atoms with Gasteiger partial charge in [0.2, 0.25) is 11.8 Å². The maximum atomic E-state index is 14.4. The van der Waals surface area contributed by atoms with E-state index >= 15 is 0 Å². The fourth-order valence-electron chi connectivity index (χ4n) is 4.64. The normalized spacial score (nSPS) is 12.6. The van der Waals surface area contributed by atoms with Crippen LogP contribution in [-0.4, -0.2) is 55.8 Å². The number of aryl methyl sites for hydroxylation is 1. The van der Waals surface area contributed by atoms with Crippen LogP contribution in [-0.2, 0) is 26.2 Å². The van der Waals surface area contributed by atoms with Crippen LogP contribution < -0.4 is 14.4 Å². The molecule has 0 aliphatic rings. The highest BCUT2D eigenvalue weighted by Gasteiger charge is 2.36. The summed E-state index contributed by atoms with van der Waals surface area (Å²) in [5, 5.41) is 15.3. The minimum Gasteiger partial charge on any atom is -0.495 e. The van der Waals surface area contributed by atoms with Crippen molar-refractivity contribution in [3.8, 4) is 5.75 Å². The summed E-state index contributed by atoms with van der Waals surface area (Å²) in [4.78, 5) is 39.6. The van der Waals surface area contributed by atoms with Crippen LogP contribution in [0.2, 0.25) is 15.1 Å².